The smallest absolute Gasteiger partial charge is 0.254 e. The fourth-order valence-electron chi connectivity index (χ4n) is 3.34. The highest BCUT2D eigenvalue weighted by atomic mass is 16.4. The van der Waals surface area contributed by atoms with Gasteiger partial charge in [-0.25, -0.2) is 0 Å². The molecule has 7 heteroatoms. The molecule has 0 bridgehead atoms. The SMILES string of the molecule is Cc1ccc(NC(=O)CN(C)C(=O)c2ccc(-c3nnc(-c4cccc(C)c4)o3)cc2)cc1. The van der Waals surface area contributed by atoms with E-state index in [0.29, 0.717) is 28.6 Å². The lowest BCUT2D eigenvalue weighted by Crippen LogP contribution is -2.34. The summed E-state index contributed by atoms with van der Waals surface area (Å²) in [5, 5.41) is 11.0. The van der Waals surface area contributed by atoms with Crippen molar-refractivity contribution in [3.8, 4) is 22.9 Å². The van der Waals surface area contributed by atoms with Crippen molar-refractivity contribution in [1.29, 1.82) is 0 Å². The van der Waals surface area contributed by atoms with Crippen LogP contribution in [0.15, 0.2) is 77.2 Å². The molecule has 3 aromatic carbocycles. The van der Waals surface area contributed by atoms with E-state index in [0.717, 1.165) is 16.7 Å². The van der Waals surface area contributed by atoms with Crippen LogP contribution < -0.4 is 5.32 Å². The molecule has 0 spiro atoms. The van der Waals surface area contributed by atoms with E-state index >= 15 is 0 Å². The Hall–Kier alpha value is -4.26. The summed E-state index contributed by atoms with van der Waals surface area (Å²) in [4.78, 5) is 26.4. The summed E-state index contributed by atoms with van der Waals surface area (Å²) in [5.74, 6) is 0.289. The first kappa shape index (κ1) is 22.0. The predicted octanol–water partition coefficient (Wildman–Crippen LogP) is 4.73. The summed E-state index contributed by atoms with van der Waals surface area (Å²) >= 11 is 0. The Morgan fingerprint density at radius 3 is 2.18 bits per heavy atom. The molecule has 0 saturated carbocycles. The molecule has 0 aliphatic carbocycles. The van der Waals surface area contributed by atoms with Crippen molar-refractivity contribution in [2.45, 2.75) is 13.8 Å². The zero-order chi connectivity index (χ0) is 23.4. The molecule has 1 aromatic heterocycles. The second kappa shape index (κ2) is 9.48. The van der Waals surface area contributed by atoms with Crippen molar-refractivity contribution < 1.29 is 14.0 Å². The van der Waals surface area contributed by atoms with E-state index < -0.39 is 0 Å². The summed E-state index contributed by atoms with van der Waals surface area (Å²) in [6, 6.07) is 22.2. The van der Waals surface area contributed by atoms with Crippen LogP contribution in [0.5, 0.6) is 0 Å². The van der Waals surface area contributed by atoms with Gasteiger partial charge in [-0.1, -0.05) is 35.4 Å². The first-order valence-electron chi connectivity index (χ1n) is 10.5. The van der Waals surface area contributed by atoms with Crippen LogP contribution in [0.2, 0.25) is 0 Å². The molecule has 1 heterocycles. The molecule has 4 aromatic rings. The number of nitrogens with zero attached hydrogens (tertiary/aromatic N) is 3. The Balaban J connectivity index is 1.39. The van der Waals surface area contributed by atoms with E-state index in [1.807, 2.05) is 62.4 Å². The molecule has 0 aliphatic heterocycles. The molecule has 33 heavy (non-hydrogen) atoms. The standard InChI is InChI=1S/C26H24N4O3/c1-17-7-13-22(14-8-17)27-23(31)16-30(3)26(32)20-11-9-19(10-12-20)24-28-29-25(33-24)21-6-4-5-18(2)15-21/h4-15H,16H2,1-3H3,(H,27,31). The van der Waals surface area contributed by atoms with Gasteiger partial charge < -0.3 is 14.6 Å². The van der Waals surface area contributed by atoms with Crippen LogP contribution in [0, 0.1) is 13.8 Å². The first-order valence-corrected chi connectivity index (χ1v) is 10.5. The molecular formula is C26H24N4O3. The molecule has 166 valence electrons. The maximum atomic E-state index is 12.7. The largest absolute Gasteiger partial charge is 0.416 e. The van der Waals surface area contributed by atoms with Crippen molar-refractivity contribution in [2.24, 2.45) is 0 Å². The van der Waals surface area contributed by atoms with Gasteiger partial charge in [-0.3, -0.25) is 9.59 Å². The van der Waals surface area contributed by atoms with Gasteiger partial charge >= 0.3 is 0 Å². The van der Waals surface area contributed by atoms with Gasteiger partial charge in [0.15, 0.2) is 0 Å². The van der Waals surface area contributed by atoms with Gasteiger partial charge in [-0.05, 0) is 62.4 Å². The molecule has 0 aliphatic rings. The van der Waals surface area contributed by atoms with E-state index in [1.54, 1.807) is 31.3 Å². The number of carbonyl (C=O) groups is 2. The maximum absolute atomic E-state index is 12.7. The molecule has 0 unspecified atom stereocenters. The zero-order valence-electron chi connectivity index (χ0n) is 18.7. The number of aromatic nitrogens is 2. The van der Waals surface area contributed by atoms with Gasteiger partial charge in [-0.15, -0.1) is 10.2 Å². The van der Waals surface area contributed by atoms with Crippen molar-refractivity contribution in [3.05, 3.63) is 89.5 Å². The summed E-state index contributed by atoms with van der Waals surface area (Å²) in [7, 11) is 1.59. The number of nitrogens with one attached hydrogen (secondary N) is 1. The third-order valence-electron chi connectivity index (χ3n) is 5.13. The number of anilines is 1. The van der Waals surface area contributed by atoms with Crippen molar-refractivity contribution in [3.63, 3.8) is 0 Å². The molecule has 2 amide bonds. The van der Waals surface area contributed by atoms with Crippen LogP contribution in [0.4, 0.5) is 5.69 Å². The lowest BCUT2D eigenvalue weighted by molar-refractivity contribution is -0.116. The van der Waals surface area contributed by atoms with E-state index in [1.165, 1.54) is 4.90 Å². The first-order chi connectivity index (χ1) is 15.9. The van der Waals surface area contributed by atoms with E-state index in [-0.39, 0.29) is 18.4 Å². The highest BCUT2D eigenvalue weighted by Crippen LogP contribution is 2.24. The van der Waals surface area contributed by atoms with E-state index in [2.05, 4.69) is 15.5 Å². The fourth-order valence-corrected chi connectivity index (χ4v) is 3.34. The highest BCUT2D eigenvalue weighted by Gasteiger charge is 2.16. The zero-order valence-corrected chi connectivity index (χ0v) is 18.7. The minimum absolute atomic E-state index is 0.0576. The van der Waals surface area contributed by atoms with Gasteiger partial charge in [0.25, 0.3) is 5.91 Å². The molecule has 0 saturated heterocycles. The number of hydrogen-bond donors (Lipinski definition) is 1. The Kier molecular flexibility index (Phi) is 6.31. The molecule has 7 nitrogen and oxygen atoms in total. The minimum atomic E-state index is -0.263. The normalized spacial score (nSPS) is 10.6. The van der Waals surface area contributed by atoms with E-state index in [9.17, 15) is 9.59 Å². The monoisotopic (exact) mass is 440 g/mol. The Morgan fingerprint density at radius 2 is 1.52 bits per heavy atom. The maximum Gasteiger partial charge on any atom is 0.254 e. The molecule has 4 rings (SSSR count). The van der Waals surface area contributed by atoms with Gasteiger partial charge in [-0.2, -0.15) is 0 Å². The van der Waals surface area contributed by atoms with Crippen LogP contribution in [0.25, 0.3) is 22.9 Å². The average Bonchev–Trinajstić information content (AvgIpc) is 3.30. The van der Waals surface area contributed by atoms with Crippen LogP contribution in [0.3, 0.4) is 0 Å². The Bertz CT molecular complexity index is 1280. The number of hydrogen-bond acceptors (Lipinski definition) is 5. The third kappa shape index (κ3) is 5.33. The van der Waals surface area contributed by atoms with Gasteiger partial charge in [0.2, 0.25) is 17.7 Å². The lowest BCUT2D eigenvalue weighted by atomic mass is 10.1. The summed E-state index contributed by atoms with van der Waals surface area (Å²) < 4.78 is 5.80. The average molecular weight is 441 g/mol. The highest BCUT2D eigenvalue weighted by molar-refractivity contribution is 5.99. The summed E-state index contributed by atoms with van der Waals surface area (Å²) in [6.07, 6.45) is 0. The number of aryl methyl sites for hydroxylation is 2. The van der Waals surface area contributed by atoms with Gasteiger partial charge in [0.1, 0.15) is 0 Å². The number of amides is 2. The minimum Gasteiger partial charge on any atom is -0.416 e. The van der Waals surface area contributed by atoms with E-state index in [4.69, 9.17) is 4.42 Å². The Labute approximate surface area is 192 Å². The van der Waals surface area contributed by atoms with Crippen LogP contribution in [-0.4, -0.2) is 40.5 Å². The van der Waals surface area contributed by atoms with Crippen LogP contribution >= 0.6 is 0 Å². The van der Waals surface area contributed by atoms with Gasteiger partial charge in [0.05, 0.1) is 6.54 Å². The molecule has 0 fully saturated rings. The van der Waals surface area contributed by atoms with Crippen LogP contribution in [0.1, 0.15) is 21.5 Å². The second-order valence-corrected chi connectivity index (χ2v) is 7.93. The predicted molar refractivity (Wildman–Crippen MR) is 127 cm³/mol. The number of benzene rings is 3. The van der Waals surface area contributed by atoms with Crippen molar-refractivity contribution in [2.75, 3.05) is 18.9 Å². The van der Waals surface area contributed by atoms with Crippen LogP contribution in [-0.2, 0) is 4.79 Å². The van der Waals surface area contributed by atoms with Gasteiger partial charge in [0, 0.05) is 29.4 Å². The number of carbonyl (C=O) groups excluding carboxylic acids is 2. The fraction of sp³-hybridized carbons (Fsp3) is 0.154. The molecule has 0 atom stereocenters. The van der Waals surface area contributed by atoms with Crippen molar-refractivity contribution in [1.82, 2.24) is 15.1 Å². The van der Waals surface area contributed by atoms with Crippen molar-refractivity contribution >= 4 is 17.5 Å². The third-order valence-corrected chi connectivity index (χ3v) is 5.13. The molecule has 1 N–H and O–H groups in total. The number of rotatable bonds is 6. The quantitative estimate of drug-likeness (QED) is 0.468. The molecule has 0 radical (unpaired) electrons. The number of likely N-dealkylation sites (N-methyl/N-ethyl adjacent to an activating group) is 1. The lowest BCUT2D eigenvalue weighted by Gasteiger charge is -2.17. The summed E-state index contributed by atoms with van der Waals surface area (Å²) in [6.45, 7) is 3.92. The molecular weight excluding hydrogens is 416 g/mol. The summed E-state index contributed by atoms with van der Waals surface area (Å²) in [5.41, 5.74) is 4.93. The Morgan fingerprint density at radius 1 is 0.848 bits per heavy atom. The second-order valence-electron chi connectivity index (χ2n) is 7.93. The topological polar surface area (TPSA) is 88.3 Å².